The molecular weight excluding hydrogens is 368 g/mol. The summed E-state index contributed by atoms with van der Waals surface area (Å²) >= 11 is 0. The topological polar surface area (TPSA) is 118 Å². The summed E-state index contributed by atoms with van der Waals surface area (Å²) < 4.78 is 7.86. The second kappa shape index (κ2) is 8.22. The van der Waals surface area contributed by atoms with E-state index >= 15 is 0 Å². The molecule has 0 saturated carbocycles. The molecular formula is C20H22N8O. The van der Waals surface area contributed by atoms with Gasteiger partial charge in [-0.3, -0.25) is 4.40 Å². The Morgan fingerprint density at radius 3 is 2.86 bits per heavy atom. The van der Waals surface area contributed by atoms with Gasteiger partial charge in [0, 0.05) is 12.1 Å². The molecule has 0 aliphatic carbocycles. The molecule has 4 heterocycles. The highest BCUT2D eigenvalue weighted by Crippen LogP contribution is 2.29. The zero-order valence-corrected chi connectivity index (χ0v) is 16.4. The van der Waals surface area contributed by atoms with Gasteiger partial charge in [0.15, 0.2) is 17.0 Å². The van der Waals surface area contributed by atoms with Crippen LogP contribution in [0.15, 0.2) is 30.9 Å². The second-order valence-corrected chi connectivity index (χ2v) is 7.21. The highest BCUT2D eigenvalue weighted by molar-refractivity contribution is 5.74. The highest BCUT2D eigenvalue weighted by Gasteiger charge is 2.22. The lowest BCUT2D eigenvalue weighted by Crippen LogP contribution is -2.15. The Morgan fingerprint density at radius 1 is 1.21 bits per heavy atom. The maximum Gasteiger partial charge on any atom is 0.232 e. The van der Waals surface area contributed by atoms with Crippen LogP contribution in [0.25, 0.3) is 16.8 Å². The van der Waals surface area contributed by atoms with Crippen molar-refractivity contribution in [3.63, 3.8) is 0 Å². The molecule has 0 spiro atoms. The number of H-pyrrole nitrogens is 1. The van der Waals surface area contributed by atoms with Crippen LogP contribution in [-0.4, -0.2) is 41.1 Å². The number of aromatic amines is 1. The van der Waals surface area contributed by atoms with Crippen LogP contribution in [0.3, 0.4) is 0 Å². The summed E-state index contributed by atoms with van der Waals surface area (Å²) in [5, 5.41) is 17.6. The van der Waals surface area contributed by atoms with Gasteiger partial charge in [0.25, 0.3) is 0 Å². The van der Waals surface area contributed by atoms with Gasteiger partial charge in [-0.05, 0) is 24.8 Å². The minimum Gasteiger partial charge on any atom is -0.476 e. The molecule has 0 amide bonds. The van der Waals surface area contributed by atoms with Crippen LogP contribution in [0.4, 0.5) is 0 Å². The average Bonchev–Trinajstić information content (AvgIpc) is 3.38. The standard InChI is InChI=1S/C20H22N8O/c1-3-4-14(7-13(2)12-29-18-11-23-15(8-21)9-24-18)20-27-26-17-10-25-19-16(28(17)20)5-6-22-19/h5-6,9-11,13-14,22H,3-4,7,12H2,1-2H3. The smallest absolute Gasteiger partial charge is 0.232 e. The molecule has 148 valence electrons. The molecule has 0 radical (unpaired) electrons. The summed E-state index contributed by atoms with van der Waals surface area (Å²) in [6, 6.07) is 3.95. The largest absolute Gasteiger partial charge is 0.476 e. The van der Waals surface area contributed by atoms with Crippen molar-refractivity contribution in [3.05, 3.63) is 42.4 Å². The van der Waals surface area contributed by atoms with Gasteiger partial charge in [-0.1, -0.05) is 20.3 Å². The third-order valence-corrected chi connectivity index (χ3v) is 4.91. The fraction of sp³-hybridized carbons (Fsp3) is 0.400. The van der Waals surface area contributed by atoms with Crippen LogP contribution in [0, 0.1) is 17.2 Å². The van der Waals surface area contributed by atoms with Crippen molar-refractivity contribution in [2.75, 3.05) is 6.61 Å². The summed E-state index contributed by atoms with van der Waals surface area (Å²) in [5.74, 6) is 1.91. The van der Waals surface area contributed by atoms with E-state index in [9.17, 15) is 0 Å². The Balaban J connectivity index is 1.51. The SMILES string of the molecule is CCCC(CC(C)COc1cnc(C#N)cn1)c1nnc2cnc3[nH]ccc3n12. The highest BCUT2D eigenvalue weighted by atomic mass is 16.5. The molecule has 4 rings (SSSR count). The summed E-state index contributed by atoms with van der Waals surface area (Å²) in [6.45, 7) is 4.84. The second-order valence-electron chi connectivity index (χ2n) is 7.21. The van der Waals surface area contributed by atoms with Gasteiger partial charge in [-0.15, -0.1) is 10.2 Å². The van der Waals surface area contributed by atoms with E-state index in [0.29, 0.717) is 12.5 Å². The Labute approximate surface area is 167 Å². The first-order chi connectivity index (χ1) is 14.2. The molecule has 2 atom stereocenters. The number of fused-ring (bicyclic) bond motifs is 3. The summed E-state index contributed by atoms with van der Waals surface area (Å²) in [7, 11) is 0. The molecule has 29 heavy (non-hydrogen) atoms. The fourth-order valence-corrected chi connectivity index (χ4v) is 3.59. The molecule has 2 unspecified atom stereocenters. The summed E-state index contributed by atoms with van der Waals surface area (Å²) in [5.41, 5.74) is 2.84. The third-order valence-electron chi connectivity index (χ3n) is 4.91. The van der Waals surface area contributed by atoms with Crippen LogP contribution < -0.4 is 4.74 Å². The number of ether oxygens (including phenoxy) is 1. The van der Waals surface area contributed by atoms with E-state index in [1.807, 2.05) is 18.3 Å². The van der Waals surface area contributed by atoms with Gasteiger partial charge in [0.1, 0.15) is 11.9 Å². The lowest BCUT2D eigenvalue weighted by molar-refractivity contribution is 0.232. The van der Waals surface area contributed by atoms with Crippen molar-refractivity contribution >= 4 is 16.8 Å². The molecule has 9 heteroatoms. The van der Waals surface area contributed by atoms with Crippen LogP contribution in [0.2, 0.25) is 0 Å². The van der Waals surface area contributed by atoms with E-state index < -0.39 is 0 Å². The molecule has 4 aromatic heterocycles. The quantitative estimate of drug-likeness (QED) is 0.490. The molecule has 1 N–H and O–H groups in total. The first-order valence-electron chi connectivity index (χ1n) is 9.71. The van der Waals surface area contributed by atoms with Gasteiger partial charge < -0.3 is 9.72 Å². The minimum absolute atomic E-state index is 0.251. The van der Waals surface area contributed by atoms with Gasteiger partial charge in [0.05, 0.1) is 30.7 Å². The number of hydrogen-bond acceptors (Lipinski definition) is 7. The lowest BCUT2D eigenvalue weighted by Gasteiger charge is -2.19. The summed E-state index contributed by atoms with van der Waals surface area (Å²) in [6.07, 6.45) is 9.49. The molecule has 0 aliphatic heterocycles. The summed E-state index contributed by atoms with van der Waals surface area (Å²) in [4.78, 5) is 15.6. The van der Waals surface area contributed by atoms with Crippen LogP contribution >= 0.6 is 0 Å². The zero-order valence-electron chi connectivity index (χ0n) is 16.4. The minimum atomic E-state index is 0.251. The van der Waals surface area contributed by atoms with E-state index in [4.69, 9.17) is 10.00 Å². The van der Waals surface area contributed by atoms with Crippen molar-refractivity contribution in [3.8, 4) is 11.9 Å². The molecule has 4 aromatic rings. The fourth-order valence-electron chi connectivity index (χ4n) is 3.59. The maximum absolute atomic E-state index is 8.80. The van der Waals surface area contributed by atoms with E-state index in [-0.39, 0.29) is 17.5 Å². The van der Waals surface area contributed by atoms with Crippen molar-refractivity contribution in [1.82, 2.24) is 34.5 Å². The van der Waals surface area contributed by atoms with Gasteiger partial charge in [-0.25, -0.2) is 15.0 Å². The molecule has 0 fully saturated rings. The van der Waals surface area contributed by atoms with Crippen molar-refractivity contribution < 1.29 is 4.74 Å². The average molecular weight is 390 g/mol. The number of nitrogens with one attached hydrogen (secondary N) is 1. The van der Waals surface area contributed by atoms with E-state index in [1.165, 1.54) is 12.4 Å². The van der Waals surface area contributed by atoms with Crippen molar-refractivity contribution in [2.24, 2.45) is 5.92 Å². The molecule has 9 nitrogen and oxygen atoms in total. The predicted molar refractivity (Wildman–Crippen MR) is 106 cm³/mol. The number of hydrogen-bond donors (Lipinski definition) is 1. The van der Waals surface area contributed by atoms with Gasteiger partial charge >= 0.3 is 0 Å². The van der Waals surface area contributed by atoms with E-state index in [0.717, 1.165) is 41.9 Å². The Kier molecular flexibility index (Phi) is 5.33. The molecule has 0 saturated heterocycles. The Bertz CT molecular complexity index is 1140. The van der Waals surface area contributed by atoms with E-state index in [1.54, 1.807) is 6.20 Å². The third kappa shape index (κ3) is 3.87. The number of aromatic nitrogens is 7. The molecule has 0 aromatic carbocycles. The first-order valence-corrected chi connectivity index (χ1v) is 9.71. The van der Waals surface area contributed by atoms with Gasteiger partial charge in [0.2, 0.25) is 5.88 Å². The first kappa shape index (κ1) is 18.8. The van der Waals surface area contributed by atoms with Crippen LogP contribution in [-0.2, 0) is 0 Å². The van der Waals surface area contributed by atoms with Crippen LogP contribution in [0.5, 0.6) is 5.88 Å². The van der Waals surface area contributed by atoms with Gasteiger partial charge in [-0.2, -0.15) is 5.26 Å². The zero-order chi connectivity index (χ0) is 20.2. The number of nitrogens with zero attached hydrogens (tertiary/aromatic N) is 7. The van der Waals surface area contributed by atoms with Crippen molar-refractivity contribution in [1.29, 1.82) is 5.26 Å². The van der Waals surface area contributed by atoms with Crippen molar-refractivity contribution in [2.45, 2.75) is 39.0 Å². The Morgan fingerprint density at radius 2 is 2.10 bits per heavy atom. The Hall–Kier alpha value is -3.54. The molecule has 0 bridgehead atoms. The van der Waals surface area contributed by atoms with Crippen LogP contribution in [0.1, 0.15) is 50.5 Å². The lowest BCUT2D eigenvalue weighted by atomic mass is 9.91. The molecule has 0 aliphatic rings. The number of rotatable bonds is 8. The maximum atomic E-state index is 8.80. The number of nitriles is 1. The monoisotopic (exact) mass is 390 g/mol. The predicted octanol–water partition coefficient (Wildman–Crippen LogP) is 3.26. The van der Waals surface area contributed by atoms with E-state index in [2.05, 4.69) is 48.4 Å². The normalized spacial score (nSPS) is 13.4.